The van der Waals surface area contributed by atoms with Crippen LogP contribution in [0.2, 0.25) is 5.02 Å². The van der Waals surface area contributed by atoms with Gasteiger partial charge in [0.15, 0.2) is 5.69 Å². The SMILES string of the molecule is CN1CCN(C(=O)c2cnn(-c3ccc(Cl)cc3)c2C(F)(F)F)CC1. The number of benzene rings is 1. The number of alkyl halides is 3. The zero-order valence-corrected chi connectivity index (χ0v) is 14.2. The Hall–Kier alpha value is -2.06. The van der Waals surface area contributed by atoms with Crippen molar-refractivity contribution in [1.29, 1.82) is 0 Å². The fourth-order valence-corrected chi connectivity index (χ4v) is 2.86. The van der Waals surface area contributed by atoms with E-state index in [1.165, 1.54) is 29.2 Å². The molecule has 5 nitrogen and oxygen atoms in total. The van der Waals surface area contributed by atoms with Crippen LogP contribution in [0.4, 0.5) is 13.2 Å². The molecule has 0 unspecified atom stereocenters. The lowest BCUT2D eigenvalue weighted by atomic mass is 10.2. The largest absolute Gasteiger partial charge is 0.434 e. The van der Waals surface area contributed by atoms with Crippen molar-refractivity contribution in [3.63, 3.8) is 0 Å². The zero-order valence-electron chi connectivity index (χ0n) is 13.4. The topological polar surface area (TPSA) is 41.4 Å². The van der Waals surface area contributed by atoms with E-state index in [4.69, 9.17) is 11.6 Å². The minimum atomic E-state index is -4.71. The second-order valence-corrected chi connectivity index (χ2v) is 6.32. The van der Waals surface area contributed by atoms with E-state index in [1.807, 2.05) is 11.9 Å². The van der Waals surface area contributed by atoms with Crippen LogP contribution in [0.25, 0.3) is 5.69 Å². The Morgan fingerprint density at radius 2 is 1.72 bits per heavy atom. The Morgan fingerprint density at radius 1 is 1.12 bits per heavy atom. The summed E-state index contributed by atoms with van der Waals surface area (Å²) in [6.45, 7) is 2.02. The van der Waals surface area contributed by atoms with E-state index < -0.39 is 23.3 Å². The molecule has 1 saturated heterocycles. The summed E-state index contributed by atoms with van der Waals surface area (Å²) in [7, 11) is 1.90. The molecular weight excluding hydrogens is 357 g/mol. The molecule has 1 aromatic carbocycles. The third-order valence-electron chi connectivity index (χ3n) is 4.13. The first-order valence-corrected chi connectivity index (χ1v) is 8.04. The van der Waals surface area contributed by atoms with Crippen molar-refractivity contribution in [2.45, 2.75) is 6.18 Å². The summed E-state index contributed by atoms with van der Waals surface area (Å²) >= 11 is 5.78. The summed E-state index contributed by atoms with van der Waals surface area (Å²) < 4.78 is 41.6. The van der Waals surface area contributed by atoms with Gasteiger partial charge in [-0.3, -0.25) is 4.79 Å². The second-order valence-electron chi connectivity index (χ2n) is 5.89. The van der Waals surface area contributed by atoms with Gasteiger partial charge in [0.1, 0.15) is 0 Å². The lowest BCUT2D eigenvalue weighted by Crippen LogP contribution is -2.47. The number of likely N-dealkylation sites (N-methyl/N-ethyl adjacent to an activating group) is 1. The normalized spacial score (nSPS) is 16.3. The van der Waals surface area contributed by atoms with E-state index in [0.717, 1.165) is 10.9 Å². The Labute approximate surface area is 147 Å². The van der Waals surface area contributed by atoms with Crippen LogP contribution in [-0.2, 0) is 6.18 Å². The van der Waals surface area contributed by atoms with Gasteiger partial charge in [0.25, 0.3) is 5.91 Å². The van der Waals surface area contributed by atoms with E-state index in [1.54, 1.807) is 0 Å². The molecule has 1 aromatic heterocycles. The third kappa shape index (κ3) is 3.64. The van der Waals surface area contributed by atoms with Crippen LogP contribution in [-0.4, -0.2) is 58.7 Å². The number of amides is 1. The number of rotatable bonds is 2. The van der Waals surface area contributed by atoms with Crippen molar-refractivity contribution in [3.8, 4) is 5.69 Å². The van der Waals surface area contributed by atoms with E-state index in [2.05, 4.69) is 5.10 Å². The Morgan fingerprint density at radius 3 is 2.28 bits per heavy atom. The van der Waals surface area contributed by atoms with Gasteiger partial charge in [0.2, 0.25) is 0 Å². The van der Waals surface area contributed by atoms with Gasteiger partial charge >= 0.3 is 6.18 Å². The number of nitrogens with zero attached hydrogens (tertiary/aromatic N) is 4. The molecule has 134 valence electrons. The van der Waals surface area contributed by atoms with E-state index in [-0.39, 0.29) is 5.69 Å². The van der Waals surface area contributed by atoms with Gasteiger partial charge in [-0.25, -0.2) is 4.68 Å². The second kappa shape index (κ2) is 6.68. The highest BCUT2D eigenvalue weighted by Crippen LogP contribution is 2.34. The average Bonchev–Trinajstić information content (AvgIpc) is 3.01. The highest BCUT2D eigenvalue weighted by atomic mass is 35.5. The van der Waals surface area contributed by atoms with Gasteiger partial charge in [-0.2, -0.15) is 18.3 Å². The molecule has 0 N–H and O–H groups in total. The first-order valence-electron chi connectivity index (χ1n) is 7.66. The quantitative estimate of drug-likeness (QED) is 0.814. The summed E-state index contributed by atoms with van der Waals surface area (Å²) in [5, 5.41) is 4.21. The minimum Gasteiger partial charge on any atom is -0.336 e. The first-order chi connectivity index (χ1) is 11.8. The molecule has 0 radical (unpaired) electrons. The molecule has 9 heteroatoms. The average molecular weight is 373 g/mol. The number of aromatic nitrogens is 2. The molecule has 1 aliphatic heterocycles. The van der Waals surface area contributed by atoms with Gasteiger partial charge in [-0.05, 0) is 31.3 Å². The van der Waals surface area contributed by atoms with Crippen molar-refractivity contribution in [1.82, 2.24) is 19.6 Å². The molecule has 1 amide bonds. The monoisotopic (exact) mass is 372 g/mol. The lowest BCUT2D eigenvalue weighted by molar-refractivity contribution is -0.143. The Balaban J connectivity index is 2.00. The smallest absolute Gasteiger partial charge is 0.336 e. The lowest BCUT2D eigenvalue weighted by Gasteiger charge is -2.32. The van der Waals surface area contributed by atoms with E-state index in [9.17, 15) is 18.0 Å². The van der Waals surface area contributed by atoms with Crippen LogP contribution in [0.5, 0.6) is 0 Å². The molecular formula is C16H16ClF3N4O. The molecule has 0 atom stereocenters. The van der Waals surface area contributed by atoms with Crippen molar-refractivity contribution in [2.24, 2.45) is 0 Å². The van der Waals surface area contributed by atoms with Crippen LogP contribution in [0.1, 0.15) is 16.1 Å². The first kappa shape index (κ1) is 17.8. The summed E-state index contributed by atoms with van der Waals surface area (Å²) in [4.78, 5) is 16.1. The number of halogens is 4. The molecule has 0 saturated carbocycles. The van der Waals surface area contributed by atoms with Gasteiger partial charge in [-0.15, -0.1) is 0 Å². The fraction of sp³-hybridized carbons (Fsp3) is 0.375. The van der Waals surface area contributed by atoms with Gasteiger partial charge < -0.3 is 9.80 Å². The molecule has 2 heterocycles. The molecule has 25 heavy (non-hydrogen) atoms. The third-order valence-corrected chi connectivity index (χ3v) is 4.38. The van der Waals surface area contributed by atoms with Gasteiger partial charge in [-0.1, -0.05) is 11.6 Å². The Bertz CT molecular complexity index is 765. The maximum absolute atomic E-state index is 13.6. The molecule has 0 bridgehead atoms. The number of carbonyl (C=O) groups is 1. The van der Waals surface area contributed by atoms with E-state index >= 15 is 0 Å². The molecule has 1 fully saturated rings. The van der Waals surface area contributed by atoms with Crippen molar-refractivity contribution < 1.29 is 18.0 Å². The maximum Gasteiger partial charge on any atom is 0.434 e. The van der Waals surface area contributed by atoms with Crippen molar-refractivity contribution in [3.05, 3.63) is 46.7 Å². The number of hydrogen-bond acceptors (Lipinski definition) is 3. The van der Waals surface area contributed by atoms with Gasteiger partial charge in [0.05, 0.1) is 17.4 Å². The highest BCUT2D eigenvalue weighted by Gasteiger charge is 2.41. The zero-order chi connectivity index (χ0) is 18.2. The summed E-state index contributed by atoms with van der Waals surface area (Å²) in [6, 6.07) is 5.80. The number of carbonyl (C=O) groups excluding carboxylic acids is 1. The Kier molecular flexibility index (Phi) is 4.75. The summed E-state index contributed by atoms with van der Waals surface area (Å²) in [6.07, 6.45) is -3.73. The molecule has 3 rings (SSSR count). The van der Waals surface area contributed by atoms with Crippen LogP contribution >= 0.6 is 11.6 Å². The standard InChI is InChI=1S/C16H16ClF3N4O/c1-22-6-8-23(9-7-22)15(25)13-10-21-24(14(13)16(18,19)20)12-4-2-11(17)3-5-12/h2-5,10H,6-9H2,1H3. The maximum atomic E-state index is 13.6. The molecule has 2 aromatic rings. The van der Waals surface area contributed by atoms with Crippen LogP contribution in [0, 0.1) is 0 Å². The molecule has 0 aliphatic carbocycles. The highest BCUT2D eigenvalue weighted by molar-refractivity contribution is 6.30. The number of piperazine rings is 1. The fourth-order valence-electron chi connectivity index (χ4n) is 2.74. The molecule has 1 aliphatic rings. The van der Waals surface area contributed by atoms with Crippen LogP contribution in [0.3, 0.4) is 0 Å². The van der Waals surface area contributed by atoms with Crippen LogP contribution < -0.4 is 0 Å². The van der Waals surface area contributed by atoms with Crippen molar-refractivity contribution in [2.75, 3.05) is 33.2 Å². The van der Waals surface area contributed by atoms with E-state index in [0.29, 0.717) is 31.2 Å². The predicted molar refractivity (Wildman–Crippen MR) is 87.0 cm³/mol. The van der Waals surface area contributed by atoms with Gasteiger partial charge in [0, 0.05) is 31.2 Å². The van der Waals surface area contributed by atoms with Crippen molar-refractivity contribution >= 4 is 17.5 Å². The summed E-state index contributed by atoms with van der Waals surface area (Å²) in [5.74, 6) is -0.652. The predicted octanol–water partition coefficient (Wildman–Crippen LogP) is 2.93. The number of hydrogen-bond donors (Lipinski definition) is 0. The van der Waals surface area contributed by atoms with Crippen LogP contribution in [0.15, 0.2) is 30.5 Å². The molecule has 0 spiro atoms. The summed E-state index contributed by atoms with van der Waals surface area (Å²) in [5.41, 5.74) is -1.32. The minimum absolute atomic E-state index is 0.189.